The Morgan fingerprint density at radius 2 is 1.84 bits per heavy atom. The molecule has 1 heterocycles. The number of hydrogen-bond donors (Lipinski definition) is 1. The van der Waals surface area contributed by atoms with Gasteiger partial charge in [-0.3, -0.25) is 0 Å². The van der Waals surface area contributed by atoms with Crippen LogP contribution in [-0.4, -0.2) is 15.6 Å². The molecule has 0 aliphatic heterocycles. The summed E-state index contributed by atoms with van der Waals surface area (Å²) in [6, 6.07) is 11.2. The van der Waals surface area contributed by atoms with E-state index >= 15 is 0 Å². The highest BCUT2D eigenvalue weighted by Crippen LogP contribution is 2.22. The zero-order chi connectivity index (χ0) is 14.0. The number of nitrogens with zero attached hydrogens (tertiary/aromatic N) is 1. The van der Waals surface area contributed by atoms with Gasteiger partial charge in [0.15, 0.2) is 0 Å². The van der Waals surface area contributed by atoms with Gasteiger partial charge in [-0.15, -0.1) is 0 Å². The van der Waals surface area contributed by atoms with Crippen molar-refractivity contribution in [1.29, 1.82) is 0 Å². The lowest BCUT2D eigenvalue weighted by molar-refractivity contribution is -0.130. The van der Waals surface area contributed by atoms with Crippen molar-refractivity contribution >= 4 is 17.6 Å². The molecular formula is C16H17NO2. The Labute approximate surface area is 112 Å². The van der Waals surface area contributed by atoms with Crippen molar-refractivity contribution in [2.45, 2.75) is 13.8 Å². The van der Waals surface area contributed by atoms with E-state index in [0.29, 0.717) is 5.57 Å². The maximum atomic E-state index is 11.4. The van der Waals surface area contributed by atoms with Crippen molar-refractivity contribution in [3.63, 3.8) is 0 Å². The molecule has 98 valence electrons. The molecule has 1 aromatic heterocycles. The number of carboxylic acid groups (broad SMARTS) is 1. The zero-order valence-electron chi connectivity index (χ0n) is 11.3. The van der Waals surface area contributed by atoms with E-state index < -0.39 is 5.97 Å². The Morgan fingerprint density at radius 3 is 2.32 bits per heavy atom. The van der Waals surface area contributed by atoms with Crippen molar-refractivity contribution in [2.24, 2.45) is 7.05 Å². The third-order valence-electron chi connectivity index (χ3n) is 3.43. The minimum Gasteiger partial charge on any atom is -0.478 e. The predicted octanol–water partition coefficient (Wildman–Crippen LogP) is 3.27. The first-order valence-corrected chi connectivity index (χ1v) is 6.14. The van der Waals surface area contributed by atoms with E-state index in [1.807, 2.05) is 57.3 Å². The van der Waals surface area contributed by atoms with Crippen LogP contribution in [0.15, 0.2) is 36.4 Å². The molecule has 0 bridgehead atoms. The quantitative estimate of drug-likeness (QED) is 0.855. The van der Waals surface area contributed by atoms with Gasteiger partial charge in [0.2, 0.25) is 0 Å². The first-order chi connectivity index (χ1) is 9.00. The second-order valence-corrected chi connectivity index (χ2v) is 4.61. The molecule has 1 aromatic carbocycles. The predicted molar refractivity (Wildman–Crippen MR) is 76.8 cm³/mol. The minimum atomic E-state index is -0.910. The van der Waals surface area contributed by atoms with Crippen LogP contribution in [0.2, 0.25) is 0 Å². The molecule has 0 aliphatic rings. The van der Waals surface area contributed by atoms with Crippen molar-refractivity contribution < 1.29 is 9.90 Å². The molecule has 3 nitrogen and oxygen atoms in total. The van der Waals surface area contributed by atoms with Gasteiger partial charge < -0.3 is 9.67 Å². The first kappa shape index (κ1) is 13.1. The van der Waals surface area contributed by atoms with Crippen LogP contribution in [0.4, 0.5) is 0 Å². The fourth-order valence-corrected chi connectivity index (χ4v) is 2.07. The average Bonchev–Trinajstić information content (AvgIpc) is 2.64. The third-order valence-corrected chi connectivity index (χ3v) is 3.43. The number of aromatic nitrogens is 1. The lowest BCUT2D eigenvalue weighted by Crippen LogP contribution is -1.99. The fourth-order valence-electron chi connectivity index (χ4n) is 2.07. The summed E-state index contributed by atoms with van der Waals surface area (Å²) in [5.74, 6) is -0.910. The molecule has 0 atom stereocenters. The van der Waals surface area contributed by atoms with E-state index in [0.717, 1.165) is 22.5 Å². The molecule has 2 rings (SSSR count). The Hall–Kier alpha value is -2.29. The third kappa shape index (κ3) is 2.60. The van der Waals surface area contributed by atoms with Crippen LogP contribution in [0.5, 0.6) is 0 Å². The molecule has 0 radical (unpaired) electrons. The van der Waals surface area contributed by atoms with Gasteiger partial charge in [0.1, 0.15) is 0 Å². The van der Waals surface area contributed by atoms with Gasteiger partial charge >= 0.3 is 5.97 Å². The molecule has 0 fully saturated rings. The highest BCUT2D eigenvalue weighted by atomic mass is 16.4. The summed E-state index contributed by atoms with van der Waals surface area (Å²) < 4.78 is 2.05. The Morgan fingerprint density at radius 1 is 1.21 bits per heavy atom. The molecule has 0 spiro atoms. The molecule has 3 heteroatoms. The molecule has 1 N–H and O–H groups in total. The minimum absolute atomic E-state index is 0.314. The first-order valence-electron chi connectivity index (χ1n) is 6.14. The summed E-state index contributed by atoms with van der Waals surface area (Å²) in [7, 11) is 1.98. The van der Waals surface area contributed by atoms with Gasteiger partial charge in [-0.1, -0.05) is 30.3 Å². The smallest absolute Gasteiger partial charge is 0.336 e. The summed E-state index contributed by atoms with van der Waals surface area (Å²) in [4.78, 5) is 11.4. The number of aryl methyl sites for hydroxylation is 1. The lowest BCUT2D eigenvalue weighted by Gasteiger charge is -2.03. The standard InChI is InChI=1S/C16H17NO2/c1-11-9-14(12(2)17(11)3)10-15(16(18)19)13-7-5-4-6-8-13/h4-10H,1-3H3,(H,18,19). The summed E-state index contributed by atoms with van der Waals surface area (Å²) in [5.41, 5.74) is 4.15. The number of rotatable bonds is 3. The SMILES string of the molecule is Cc1cc(C=C(C(=O)O)c2ccccc2)c(C)n1C. The van der Waals surface area contributed by atoms with Gasteiger partial charge in [0, 0.05) is 18.4 Å². The summed E-state index contributed by atoms with van der Waals surface area (Å²) in [5, 5.41) is 9.38. The second-order valence-electron chi connectivity index (χ2n) is 4.61. The number of carboxylic acids is 1. The monoisotopic (exact) mass is 255 g/mol. The average molecular weight is 255 g/mol. The van der Waals surface area contributed by atoms with Crippen molar-refractivity contribution in [2.75, 3.05) is 0 Å². The number of aliphatic carboxylic acids is 1. The molecule has 2 aromatic rings. The molecule has 0 saturated carbocycles. The molecular weight excluding hydrogens is 238 g/mol. The highest BCUT2D eigenvalue weighted by molar-refractivity contribution is 6.20. The summed E-state index contributed by atoms with van der Waals surface area (Å²) >= 11 is 0. The van der Waals surface area contributed by atoms with Crippen molar-refractivity contribution in [3.8, 4) is 0 Å². The van der Waals surface area contributed by atoms with Crippen LogP contribution >= 0.6 is 0 Å². The van der Waals surface area contributed by atoms with Crippen LogP contribution in [-0.2, 0) is 11.8 Å². The molecule has 0 saturated heterocycles. The van der Waals surface area contributed by atoms with Crippen LogP contribution in [0, 0.1) is 13.8 Å². The summed E-state index contributed by atoms with van der Waals surface area (Å²) in [6.07, 6.45) is 1.74. The lowest BCUT2D eigenvalue weighted by atomic mass is 10.0. The Balaban J connectivity index is 2.54. The van der Waals surface area contributed by atoms with Crippen LogP contribution in [0.1, 0.15) is 22.5 Å². The van der Waals surface area contributed by atoms with Crippen molar-refractivity contribution in [1.82, 2.24) is 4.57 Å². The Kier molecular flexibility index (Phi) is 3.56. The molecule has 0 amide bonds. The van der Waals surface area contributed by atoms with E-state index in [1.54, 1.807) is 6.08 Å². The molecule has 0 unspecified atom stereocenters. The normalized spacial score (nSPS) is 11.6. The zero-order valence-corrected chi connectivity index (χ0v) is 11.3. The topological polar surface area (TPSA) is 42.2 Å². The highest BCUT2D eigenvalue weighted by Gasteiger charge is 2.12. The maximum Gasteiger partial charge on any atom is 0.336 e. The Bertz CT molecular complexity index is 636. The van der Waals surface area contributed by atoms with Crippen molar-refractivity contribution in [3.05, 3.63) is 58.9 Å². The van der Waals surface area contributed by atoms with E-state index in [-0.39, 0.29) is 0 Å². The van der Waals surface area contributed by atoms with Crippen LogP contribution < -0.4 is 0 Å². The molecule has 19 heavy (non-hydrogen) atoms. The van der Waals surface area contributed by atoms with Gasteiger partial charge in [-0.05, 0) is 37.1 Å². The maximum absolute atomic E-state index is 11.4. The van der Waals surface area contributed by atoms with E-state index in [4.69, 9.17) is 0 Å². The second kappa shape index (κ2) is 5.14. The van der Waals surface area contributed by atoms with Crippen LogP contribution in [0.3, 0.4) is 0 Å². The summed E-state index contributed by atoms with van der Waals surface area (Å²) in [6.45, 7) is 4.00. The fraction of sp³-hybridized carbons (Fsp3) is 0.188. The number of hydrogen-bond acceptors (Lipinski definition) is 1. The van der Waals surface area contributed by atoms with E-state index in [1.165, 1.54) is 0 Å². The molecule has 0 aliphatic carbocycles. The number of benzene rings is 1. The van der Waals surface area contributed by atoms with E-state index in [9.17, 15) is 9.90 Å². The van der Waals surface area contributed by atoms with Gasteiger partial charge in [-0.2, -0.15) is 0 Å². The van der Waals surface area contributed by atoms with Gasteiger partial charge in [-0.25, -0.2) is 4.79 Å². The van der Waals surface area contributed by atoms with Crippen LogP contribution in [0.25, 0.3) is 11.6 Å². The van der Waals surface area contributed by atoms with Gasteiger partial charge in [0.05, 0.1) is 5.57 Å². The number of carbonyl (C=O) groups is 1. The van der Waals surface area contributed by atoms with Gasteiger partial charge in [0.25, 0.3) is 0 Å². The van der Waals surface area contributed by atoms with E-state index in [2.05, 4.69) is 4.57 Å². The largest absolute Gasteiger partial charge is 0.478 e.